The van der Waals surface area contributed by atoms with Crippen LogP contribution in [0.25, 0.3) is 0 Å². The minimum Gasteiger partial charge on any atom is -0.352 e. The summed E-state index contributed by atoms with van der Waals surface area (Å²) in [5.74, 6) is 0.121. The van der Waals surface area contributed by atoms with Gasteiger partial charge in [0.15, 0.2) is 6.29 Å². The molecule has 2 rings (SSSR count). The predicted octanol–water partition coefficient (Wildman–Crippen LogP) is 2.08. The van der Waals surface area contributed by atoms with Crippen LogP contribution in [0.1, 0.15) is 31.9 Å². The number of carbonyl (C=O) groups is 1. The molecule has 1 heterocycles. The zero-order valence-electron chi connectivity index (χ0n) is 13.0. The van der Waals surface area contributed by atoms with Crippen molar-refractivity contribution >= 4 is 11.6 Å². The Morgan fingerprint density at radius 1 is 1.29 bits per heavy atom. The molecule has 1 aromatic carbocycles. The summed E-state index contributed by atoms with van der Waals surface area (Å²) in [5.41, 5.74) is 2.11. The molecular weight excluding hydrogens is 268 g/mol. The van der Waals surface area contributed by atoms with Crippen LogP contribution in [0, 0.1) is 0 Å². The third kappa shape index (κ3) is 3.81. The van der Waals surface area contributed by atoms with Gasteiger partial charge in [-0.2, -0.15) is 0 Å². The number of hydrogen-bond donors (Lipinski definition) is 1. The molecule has 0 saturated heterocycles. The minimum absolute atomic E-state index is 0.00770. The van der Waals surface area contributed by atoms with Gasteiger partial charge >= 0.3 is 0 Å². The quantitative estimate of drug-likeness (QED) is 0.782. The van der Waals surface area contributed by atoms with Crippen molar-refractivity contribution in [1.29, 1.82) is 0 Å². The van der Waals surface area contributed by atoms with E-state index in [0.717, 1.165) is 11.3 Å². The smallest absolute Gasteiger partial charge is 0.228 e. The highest BCUT2D eigenvalue weighted by Gasteiger charge is 2.29. The third-order valence-electron chi connectivity index (χ3n) is 3.66. The maximum Gasteiger partial charge on any atom is 0.228 e. The Morgan fingerprint density at radius 2 is 1.95 bits per heavy atom. The molecule has 21 heavy (non-hydrogen) atoms. The number of amides is 1. The Labute approximate surface area is 126 Å². The van der Waals surface area contributed by atoms with Crippen molar-refractivity contribution < 1.29 is 14.3 Å². The number of hydrogen-bond acceptors (Lipinski definition) is 4. The van der Waals surface area contributed by atoms with Crippen molar-refractivity contribution in [1.82, 2.24) is 5.32 Å². The zero-order chi connectivity index (χ0) is 15.2. The van der Waals surface area contributed by atoms with Gasteiger partial charge in [-0.25, -0.2) is 0 Å². The van der Waals surface area contributed by atoms with Gasteiger partial charge in [-0.05, 0) is 25.5 Å². The van der Waals surface area contributed by atoms with Crippen molar-refractivity contribution in [2.24, 2.45) is 0 Å². The van der Waals surface area contributed by atoms with Gasteiger partial charge in [-0.1, -0.05) is 18.2 Å². The molecule has 0 bridgehead atoms. The second-order valence-electron chi connectivity index (χ2n) is 5.02. The zero-order valence-corrected chi connectivity index (χ0v) is 13.0. The Morgan fingerprint density at radius 3 is 2.62 bits per heavy atom. The topological polar surface area (TPSA) is 50.8 Å². The molecule has 5 nitrogen and oxygen atoms in total. The van der Waals surface area contributed by atoms with E-state index in [1.165, 1.54) is 0 Å². The van der Waals surface area contributed by atoms with Crippen molar-refractivity contribution in [3.05, 3.63) is 29.8 Å². The molecule has 116 valence electrons. The highest BCUT2D eigenvalue weighted by molar-refractivity contribution is 5.96. The molecule has 0 saturated carbocycles. The fourth-order valence-corrected chi connectivity index (χ4v) is 2.60. The Bertz CT molecular complexity index is 472. The first-order valence-corrected chi connectivity index (χ1v) is 7.49. The highest BCUT2D eigenvalue weighted by Crippen LogP contribution is 2.33. The monoisotopic (exact) mass is 292 g/mol. The van der Waals surface area contributed by atoms with Crippen LogP contribution < -0.4 is 10.2 Å². The lowest BCUT2D eigenvalue weighted by molar-refractivity contribution is -0.134. The van der Waals surface area contributed by atoms with Crippen LogP contribution >= 0.6 is 0 Å². The largest absolute Gasteiger partial charge is 0.352 e. The third-order valence-corrected chi connectivity index (χ3v) is 3.66. The molecule has 5 heteroatoms. The number of anilines is 1. The summed E-state index contributed by atoms with van der Waals surface area (Å²) >= 11 is 0. The summed E-state index contributed by atoms with van der Waals surface area (Å²) in [7, 11) is 1.82. The number of nitrogens with one attached hydrogen (secondary N) is 1. The number of rotatable bonds is 7. The van der Waals surface area contributed by atoms with Gasteiger partial charge < -0.3 is 19.7 Å². The van der Waals surface area contributed by atoms with E-state index in [9.17, 15) is 4.79 Å². The second-order valence-corrected chi connectivity index (χ2v) is 5.02. The van der Waals surface area contributed by atoms with Crippen LogP contribution in [0.5, 0.6) is 0 Å². The Hall–Kier alpha value is -1.43. The number of para-hydroxylation sites is 1. The van der Waals surface area contributed by atoms with E-state index in [1.807, 2.05) is 39.1 Å². The Kier molecular flexibility index (Phi) is 5.73. The molecule has 0 radical (unpaired) electrons. The molecule has 1 aliphatic rings. The van der Waals surface area contributed by atoms with Crippen molar-refractivity contribution in [3.63, 3.8) is 0 Å². The normalized spacial score (nSPS) is 18.2. The van der Waals surface area contributed by atoms with E-state index in [1.54, 1.807) is 4.90 Å². The first kappa shape index (κ1) is 15.9. The lowest BCUT2D eigenvalue weighted by atomic mass is 9.96. The van der Waals surface area contributed by atoms with Crippen molar-refractivity contribution in [2.45, 2.75) is 32.6 Å². The summed E-state index contributed by atoms with van der Waals surface area (Å²) in [6, 6.07) is 8.00. The number of nitrogens with zero attached hydrogens (tertiary/aromatic N) is 1. The maximum atomic E-state index is 12.1. The van der Waals surface area contributed by atoms with Gasteiger partial charge in [0.25, 0.3) is 0 Å². The average molecular weight is 292 g/mol. The molecular formula is C16H24N2O3. The van der Waals surface area contributed by atoms with E-state index in [-0.39, 0.29) is 18.2 Å². The minimum atomic E-state index is -0.276. The number of fused-ring (bicyclic) bond motifs is 1. The number of carbonyl (C=O) groups excluding carboxylic acids is 1. The van der Waals surface area contributed by atoms with Gasteiger partial charge in [0.05, 0.1) is 0 Å². The fourth-order valence-electron chi connectivity index (χ4n) is 2.60. The first-order chi connectivity index (χ1) is 10.2. The predicted molar refractivity (Wildman–Crippen MR) is 82.3 cm³/mol. The van der Waals surface area contributed by atoms with Crippen molar-refractivity contribution in [3.8, 4) is 0 Å². The fraction of sp³-hybridized carbons (Fsp3) is 0.562. The summed E-state index contributed by atoms with van der Waals surface area (Å²) in [6.07, 6.45) is 0.181. The molecule has 1 aliphatic heterocycles. The van der Waals surface area contributed by atoms with Gasteiger partial charge in [0, 0.05) is 45.0 Å². The van der Waals surface area contributed by atoms with Crippen LogP contribution in [0.2, 0.25) is 0 Å². The second kappa shape index (κ2) is 7.54. The molecule has 1 amide bonds. The summed E-state index contributed by atoms with van der Waals surface area (Å²) < 4.78 is 11.1. The number of benzene rings is 1. The SMILES string of the molecule is CCOC(CNC1CC(=O)N(C)c2ccccc21)OCC. The van der Waals surface area contributed by atoms with Crippen LogP contribution in [0.15, 0.2) is 24.3 Å². The first-order valence-electron chi connectivity index (χ1n) is 7.49. The summed E-state index contributed by atoms with van der Waals surface area (Å²) in [6.45, 7) is 5.67. The van der Waals surface area contributed by atoms with Gasteiger partial charge in [-0.15, -0.1) is 0 Å². The molecule has 0 aromatic heterocycles. The van der Waals surface area contributed by atoms with E-state index < -0.39 is 0 Å². The van der Waals surface area contributed by atoms with Crippen molar-refractivity contribution in [2.75, 3.05) is 31.7 Å². The van der Waals surface area contributed by atoms with E-state index in [2.05, 4.69) is 11.4 Å². The molecule has 1 unspecified atom stereocenters. The van der Waals surface area contributed by atoms with Gasteiger partial charge in [0.1, 0.15) is 0 Å². The molecule has 1 atom stereocenters. The summed E-state index contributed by atoms with van der Waals surface area (Å²) in [4.78, 5) is 13.8. The van der Waals surface area contributed by atoms with Crippen LogP contribution in [0.4, 0.5) is 5.69 Å². The molecule has 0 fully saturated rings. The maximum absolute atomic E-state index is 12.1. The van der Waals surface area contributed by atoms with E-state index in [0.29, 0.717) is 26.2 Å². The van der Waals surface area contributed by atoms with Gasteiger partial charge in [-0.3, -0.25) is 4.79 Å². The molecule has 1 aromatic rings. The van der Waals surface area contributed by atoms with Crippen LogP contribution in [-0.4, -0.2) is 39.0 Å². The molecule has 0 spiro atoms. The number of ether oxygens (including phenoxy) is 2. The summed E-state index contributed by atoms with van der Waals surface area (Å²) in [5, 5.41) is 3.40. The van der Waals surface area contributed by atoms with Gasteiger partial charge in [0.2, 0.25) is 5.91 Å². The highest BCUT2D eigenvalue weighted by atomic mass is 16.7. The standard InChI is InChI=1S/C16H24N2O3/c1-4-20-16(21-5-2)11-17-13-10-15(19)18(3)14-9-7-6-8-12(13)14/h6-9,13,16-17H,4-5,10-11H2,1-3H3. The average Bonchev–Trinajstić information content (AvgIpc) is 2.50. The Balaban J connectivity index is 2.06. The van der Waals surface area contributed by atoms with E-state index >= 15 is 0 Å². The van der Waals surface area contributed by atoms with E-state index in [4.69, 9.17) is 9.47 Å². The molecule has 1 N–H and O–H groups in total. The van der Waals surface area contributed by atoms with Crippen LogP contribution in [-0.2, 0) is 14.3 Å². The lowest BCUT2D eigenvalue weighted by Crippen LogP contribution is -2.41. The lowest BCUT2D eigenvalue weighted by Gasteiger charge is -2.32. The molecule has 0 aliphatic carbocycles. The van der Waals surface area contributed by atoms with Crippen LogP contribution in [0.3, 0.4) is 0 Å².